The molecule has 3 rings (SSSR count). The van der Waals surface area contributed by atoms with E-state index in [2.05, 4.69) is 15.2 Å². The van der Waals surface area contributed by atoms with Crippen LogP contribution in [0.1, 0.15) is 30.1 Å². The highest BCUT2D eigenvalue weighted by molar-refractivity contribution is 5.94. The molecular weight excluding hydrogens is 320 g/mol. The van der Waals surface area contributed by atoms with Crippen LogP contribution in [0.4, 0.5) is 5.82 Å². The number of morpholine rings is 1. The smallest absolute Gasteiger partial charge is 0.255 e. The molecule has 0 bridgehead atoms. The molecule has 0 spiro atoms. The van der Waals surface area contributed by atoms with Crippen LogP contribution in [0.25, 0.3) is 0 Å². The van der Waals surface area contributed by atoms with Gasteiger partial charge >= 0.3 is 0 Å². The minimum Gasteiger partial charge on any atom is -0.392 e. The molecule has 1 unspecified atom stereocenters. The van der Waals surface area contributed by atoms with E-state index in [0.29, 0.717) is 24.0 Å². The summed E-state index contributed by atoms with van der Waals surface area (Å²) in [6.45, 7) is 7.39. The molecule has 2 N–H and O–H groups in total. The van der Waals surface area contributed by atoms with Crippen LogP contribution in [0.2, 0.25) is 0 Å². The predicted octanol–water partition coefficient (Wildman–Crippen LogP) is 0.811. The molecule has 2 fully saturated rings. The lowest BCUT2D eigenvalue weighted by molar-refractivity contribution is 0.00158. The lowest BCUT2D eigenvalue weighted by Gasteiger charge is -2.40. The first-order chi connectivity index (χ1) is 12.1. The minimum atomic E-state index is -0.434. The largest absolute Gasteiger partial charge is 0.392 e. The van der Waals surface area contributed by atoms with Crippen LogP contribution in [-0.2, 0) is 4.74 Å². The lowest BCUT2D eigenvalue weighted by Crippen LogP contribution is -2.50. The van der Waals surface area contributed by atoms with Gasteiger partial charge in [0, 0.05) is 45.0 Å². The Balaban J connectivity index is 1.50. The molecule has 2 aliphatic heterocycles. The van der Waals surface area contributed by atoms with Gasteiger partial charge in [-0.3, -0.25) is 9.69 Å². The summed E-state index contributed by atoms with van der Waals surface area (Å²) in [4.78, 5) is 21.3. The van der Waals surface area contributed by atoms with Crippen molar-refractivity contribution in [2.45, 2.75) is 31.9 Å². The fourth-order valence-electron chi connectivity index (χ4n) is 3.44. The van der Waals surface area contributed by atoms with E-state index in [1.807, 2.05) is 4.90 Å². The van der Waals surface area contributed by atoms with Gasteiger partial charge in [0.25, 0.3) is 5.91 Å². The zero-order chi connectivity index (χ0) is 17.6. The van der Waals surface area contributed by atoms with Crippen LogP contribution in [0.3, 0.4) is 0 Å². The first-order valence-corrected chi connectivity index (χ1v) is 9.12. The van der Waals surface area contributed by atoms with E-state index in [1.165, 1.54) is 0 Å². The number of anilines is 1. The highest BCUT2D eigenvalue weighted by atomic mass is 16.5. The molecule has 0 aromatic carbocycles. The maximum Gasteiger partial charge on any atom is 0.255 e. The van der Waals surface area contributed by atoms with Gasteiger partial charge in [-0.15, -0.1) is 0 Å². The normalized spacial score (nSPS) is 21.1. The molecular formula is C18H28N4O3. The summed E-state index contributed by atoms with van der Waals surface area (Å²) in [6, 6.07) is 4.15. The standard InChI is InChI=1S/C18H28N4O3/c1-14(23)12-19-17-3-2-15(13-20-17)18(24)22-6-4-16(5-7-22)21-8-10-25-11-9-21/h2-3,13-14,16,23H,4-12H2,1H3,(H,19,20). The third-order valence-corrected chi connectivity index (χ3v) is 4.90. The van der Waals surface area contributed by atoms with Gasteiger partial charge in [0.1, 0.15) is 5.82 Å². The second-order valence-corrected chi connectivity index (χ2v) is 6.83. The van der Waals surface area contributed by atoms with Crippen LogP contribution in [0.15, 0.2) is 18.3 Å². The van der Waals surface area contributed by atoms with Gasteiger partial charge in [-0.2, -0.15) is 0 Å². The number of aliphatic hydroxyl groups is 1. The monoisotopic (exact) mass is 348 g/mol. The van der Waals surface area contributed by atoms with Crippen molar-refractivity contribution in [3.63, 3.8) is 0 Å². The van der Waals surface area contributed by atoms with Gasteiger partial charge in [-0.1, -0.05) is 0 Å². The SMILES string of the molecule is CC(O)CNc1ccc(C(=O)N2CCC(N3CCOCC3)CC2)cn1. The van der Waals surface area contributed by atoms with Crippen molar-refractivity contribution < 1.29 is 14.6 Å². The number of nitrogens with one attached hydrogen (secondary N) is 1. The van der Waals surface area contributed by atoms with E-state index in [4.69, 9.17) is 4.74 Å². The van der Waals surface area contributed by atoms with Crippen molar-refractivity contribution in [3.8, 4) is 0 Å². The fraction of sp³-hybridized carbons (Fsp3) is 0.667. The third-order valence-electron chi connectivity index (χ3n) is 4.90. The minimum absolute atomic E-state index is 0.0509. The Kier molecular flexibility index (Phi) is 6.23. The molecule has 7 heteroatoms. The molecule has 1 amide bonds. The van der Waals surface area contributed by atoms with E-state index in [1.54, 1.807) is 25.3 Å². The lowest BCUT2D eigenvalue weighted by atomic mass is 10.0. The quantitative estimate of drug-likeness (QED) is 0.820. The summed E-state index contributed by atoms with van der Waals surface area (Å²) in [7, 11) is 0. The van der Waals surface area contributed by atoms with Crippen LogP contribution in [-0.4, -0.2) is 83.9 Å². The van der Waals surface area contributed by atoms with Crippen LogP contribution < -0.4 is 5.32 Å². The molecule has 0 radical (unpaired) electrons. The van der Waals surface area contributed by atoms with Crippen molar-refractivity contribution in [1.29, 1.82) is 0 Å². The summed E-state index contributed by atoms with van der Waals surface area (Å²) >= 11 is 0. The van der Waals surface area contributed by atoms with Crippen molar-refractivity contribution in [3.05, 3.63) is 23.9 Å². The van der Waals surface area contributed by atoms with Crippen molar-refractivity contribution in [1.82, 2.24) is 14.8 Å². The molecule has 1 atom stereocenters. The summed E-state index contributed by atoms with van der Waals surface area (Å²) in [5, 5.41) is 12.3. The Bertz CT molecular complexity index is 550. The Morgan fingerprint density at radius 2 is 2.04 bits per heavy atom. The number of nitrogens with zero attached hydrogens (tertiary/aromatic N) is 3. The number of ether oxygens (including phenoxy) is 1. The number of hydrogen-bond donors (Lipinski definition) is 2. The first-order valence-electron chi connectivity index (χ1n) is 9.12. The Morgan fingerprint density at radius 3 is 2.64 bits per heavy atom. The van der Waals surface area contributed by atoms with Gasteiger partial charge in [-0.05, 0) is 31.9 Å². The number of pyridine rings is 1. The molecule has 1 aromatic heterocycles. The van der Waals surface area contributed by atoms with Crippen molar-refractivity contribution in [2.24, 2.45) is 0 Å². The summed E-state index contributed by atoms with van der Waals surface area (Å²) in [5.74, 6) is 0.721. The maximum atomic E-state index is 12.7. The Labute approximate surface area is 149 Å². The number of likely N-dealkylation sites (tertiary alicyclic amines) is 1. The van der Waals surface area contributed by atoms with Crippen LogP contribution in [0, 0.1) is 0 Å². The van der Waals surface area contributed by atoms with E-state index in [0.717, 1.165) is 52.2 Å². The number of piperidine rings is 1. The number of carbonyl (C=O) groups excluding carboxylic acids is 1. The highest BCUT2D eigenvalue weighted by Crippen LogP contribution is 2.19. The molecule has 3 heterocycles. The summed E-state index contributed by atoms with van der Waals surface area (Å²) in [5.41, 5.74) is 0.618. The van der Waals surface area contributed by atoms with E-state index >= 15 is 0 Å². The molecule has 25 heavy (non-hydrogen) atoms. The van der Waals surface area contributed by atoms with Gasteiger partial charge in [0.2, 0.25) is 0 Å². The number of aromatic nitrogens is 1. The summed E-state index contributed by atoms with van der Waals surface area (Å²) in [6.07, 6.45) is 3.22. The molecule has 0 aliphatic carbocycles. The van der Waals surface area contributed by atoms with Crippen LogP contribution >= 0.6 is 0 Å². The molecule has 7 nitrogen and oxygen atoms in total. The number of hydrogen-bond acceptors (Lipinski definition) is 6. The number of aliphatic hydroxyl groups excluding tert-OH is 1. The second-order valence-electron chi connectivity index (χ2n) is 6.83. The molecule has 2 saturated heterocycles. The van der Waals surface area contributed by atoms with Gasteiger partial charge in [-0.25, -0.2) is 4.98 Å². The summed E-state index contributed by atoms with van der Waals surface area (Å²) < 4.78 is 5.42. The topological polar surface area (TPSA) is 77.9 Å². The fourth-order valence-corrected chi connectivity index (χ4v) is 3.44. The molecule has 2 aliphatic rings. The molecule has 1 aromatic rings. The number of rotatable bonds is 5. The van der Waals surface area contributed by atoms with Crippen LogP contribution in [0.5, 0.6) is 0 Å². The Hall–Kier alpha value is -1.70. The van der Waals surface area contributed by atoms with Gasteiger partial charge in [0.05, 0.1) is 24.9 Å². The number of carbonyl (C=O) groups is 1. The van der Waals surface area contributed by atoms with E-state index in [9.17, 15) is 9.90 Å². The molecule has 138 valence electrons. The maximum absolute atomic E-state index is 12.7. The third kappa shape index (κ3) is 4.90. The number of amides is 1. The predicted molar refractivity (Wildman–Crippen MR) is 95.7 cm³/mol. The van der Waals surface area contributed by atoms with Crippen molar-refractivity contribution in [2.75, 3.05) is 51.3 Å². The van der Waals surface area contributed by atoms with E-state index < -0.39 is 6.10 Å². The van der Waals surface area contributed by atoms with E-state index in [-0.39, 0.29) is 5.91 Å². The van der Waals surface area contributed by atoms with Gasteiger partial charge < -0.3 is 20.1 Å². The average Bonchev–Trinajstić information content (AvgIpc) is 2.67. The zero-order valence-corrected chi connectivity index (χ0v) is 14.9. The molecule has 0 saturated carbocycles. The van der Waals surface area contributed by atoms with Crippen molar-refractivity contribution >= 4 is 11.7 Å². The first kappa shape index (κ1) is 18.1. The highest BCUT2D eigenvalue weighted by Gasteiger charge is 2.28. The van der Waals surface area contributed by atoms with Gasteiger partial charge in [0.15, 0.2) is 0 Å². The Morgan fingerprint density at radius 1 is 1.32 bits per heavy atom. The zero-order valence-electron chi connectivity index (χ0n) is 14.9. The average molecular weight is 348 g/mol. The second kappa shape index (κ2) is 8.60.